The van der Waals surface area contributed by atoms with Crippen molar-refractivity contribution in [3.8, 4) is 12.0 Å². The zero-order chi connectivity index (χ0) is 25.3. The summed E-state index contributed by atoms with van der Waals surface area (Å²) in [6.07, 6.45) is 10.6. The molecule has 0 amide bonds. The first-order chi connectivity index (χ1) is 17.5. The van der Waals surface area contributed by atoms with E-state index < -0.39 is 11.9 Å². The zero-order valence-electron chi connectivity index (χ0n) is 20.2. The van der Waals surface area contributed by atoms with Gasteiger partial charge in [-0.2, -0.15) is 22.7 Å². The monoisotopic (exact) mass is 524 g/mol. The molecule has 0 bridgehead atoms. The Morgan fingerprint density at radius 3 is 1.56 bits per heavy atom. The van der Waals surface area contributed by atoms with Gasteiger partial charge >= 0.3 is 24.0 Å². The van der Waals surface area contributed by atoms with E-state index in [0.717, 1.165) is 62.1 Å². The minimum atomic E-state index is -0.735. The summed E-state index contributed by atoms with van der Waals surface area (Å²) in [5.41, 5.74) is 7.11. The average molecular weight is 525 g/mol. The van der Waals surface area contributed by atoms with E-state index in [1.165, 1.54) is 22.3 Å². The lowest BCUT2D eigenvalue weighted by Gasteiger charge is -2.00. The molecule has 0 spiro atoms. The number of carbonyl (C=O) groups is 2. The van der Waals surface area contributed by atoms with Crippen molar-refractivity contribution in [2.45, 2.75) is 52.4 Å². The maximum atomic E-state index is 12.1. The molecule has 0 aliphatic heterocycles. The number of ether oxygens (including phenoxy) is 2. The molecule has 0 radical (unpaired) electrons. The van der Waals surface area contributed by atoms with E-state index in [1.807, 2.05) is 0 Å². The van der Waals surface area contributed by atoms with Gasteiger partial charge in [0.25, 0.3) is 0 Å². The van der Waals surface area contributed by atoms with E-state index in [9.17, 15) is 9.59 Å². The summed E-state index contributed by atoms with van der Waals surface area (Å²) < 4.78 is 10.3. The maximum Gasteiger partial charge on any atom is 0.338 e. The van der Waals surface area contributed by atoms with Crippen LogP contribution in [0.4, 0.5) is 0 Å². The SMILES string of the molecule is CCc1cscc1CCc1cnc(OC(=O)/C=C/C(=O)Oc2ncc(CCc3cscc3CC)[nH]2)[nH]1. The third-order valence-electron chi connectivity index (χ3n) is 5.72. The van der Waals surface area contributed by atoms with Crippen LogP contribution >= 0.6 is 22.7 Å². The standard InChI is InChI=1S/C26H28N4O4S2/c1-3-17-13-35-15-19(17)5-7-21-11-27-25(29-21)33-23(31)9-10-24(32)34-26-28-12-22(30-26)8-6-20-16-36-14-18(20)4-2/h9-16H,3-8H2,1-2H3,(H,27,29)(H,28,30)/b10-9+. The minimum absolute atomic E-state index is 0.0848. The molecular weight excluding hydrogens is 496 g/mol. The number of thiophene rings is 2. The smallest absolute Gasteiger partial charge is 0.338 e. The molecule has 4 aromatic rings. The van der Waals surface area contributed by atoms with Crippen LogP contribution in [0.5, 0.6) is 12.0 Å². The van der Waals surface area contributed by atoms with Crippen LogP contribution in [0.15, 0.2) is 46.1 Å². The summed E-state index contributed by atoms with van der Waals surface area (Å²) in [7, 11) is 0. The van der Waals surface area contributed by atoms with Crippen molar-refractivity contribution < 1.29 is 19.1 Å². The second kappa shape index (κ2) is 12.5. The van der Waals surface area contributed by atoms with E-state index >= 15 is 0 Å². The van der Waals surface area contributed by atoms with Crippen molar-refractivity contribution >= 4 is 34.6 Å². The number of rotatable bonds is 12. The van der Waals surface area contributed by atoms with Gasteiger partial charge < -0.3 is 19.4 Å². The number of aromatic nitrogens is 4. The van der Waals surface area contributed by atoms with Crippen LogP contribution in [-0.2, 0) is 48.1 Å². The number of hydrogen-bond acceptors (Lipinski definition) is 8. The van der Waals surface area contributed by atoms with Crippen LogP contribution in [-0.4, -0.2) is 31.9 Å². The highest BCUT2D eigenvalue weighted by Crippen LogP contribution is 2.19. The van der Waals surface area contributed by atoms with E-state index in [1.54, 1.807) is 35.1 Å². The molecule has 4 aromatic heterocycles. The normalized spacial score (nSPS) is 11.3. The topological polar surface area (TPSA) is 110 Å². The van der Waals surface area contributed by atoms with Crippen molar-refractivity contribution in [2.24, 2.45) is 0 Å². The fraction of sp³-hybridized carbons (Fsp3) is 0.308. The number of nitrogens with one attached hydrogen (secondary N) is 2. The Hall–Kier alpha value is -3.50. The van der Waals surface area contributed by atoms with Crippen LogP contribution in [0.2, 0.25) is 0 Å². The van der Waals surface area contributed by atoms with Crippen LogP contribution < -0.4 is 9.47 Å². The Balaban J connectivity index is 1.21. The first-order valence-electron chi connectivity index (χ1n) is 11.8. The quantitative estimate of drug-likeness (QED) is 0.199. The molecule has 36 heavy (non-hydrogen) atoms. The molecule has 10 heteroatoms. The van der Waals surface area contributed by atoms with Crippen LogP contribution in [0.3, 0.4) is 0 Å². The lowest BCUT2D eigenvalue weighted by Crippen LogP contribution is -2.09. The van der Waals surface area contributed by atoms with Gasteiger partial charge in [-0.25, -0.2) is 19.6 Å². The number of imidazole rings is 2. The molecule has 0 aliphatic carbocycles. The summed E-state index contributed by atoms with van der Waals surface area (Å²) in [6, 6.07) is 0.170. The number of esters is 2. The number of aromatic amines is 2. The Bertz CT molecular complexity index is 1230. The number of carbonyl (C=O) groups excluding carboxylic acids is 2. The maximum absolute atomic E-state index is 12.1. The van der Waals surface area contributed by atoms with Crippen molar-refractivity contribution in [1.82, 2.24) is 19.9 Å². The summed E-state index contributed by atoms with van der Waals surface area (Å²) in [5.74, 6) is -1.47. The molecule has 188 valence electrons. The van der Waals surface area contributed by atoms with Gasteiger partial charge in [-0.1, -0.05) is 13.8 Å². The van der Waals surface area contributed by atoms with Crippen molar-refractivity contribution in [1.29, 1.82) is 0 Å². The molecule has 4 heterocycles. The number of hydrogen-bond donors (Lipinski definition) is 2. The van der Waals surface area contributed by atoms with Gasteiger partial charge in [0.05, 0.1) is 12.4 Å². The molecule has 0 saturated heterocycles. The summed E-state index contributed by atoms with van der Waals surface area (Å²) in [5, 5.41) is 8.67. The van der Waals surface area contributed by atoms with Crippen LogP contribution in [0.1, 0.15) is 47.5 Å². The predicted molar refractivity (Wildman–Crippen MR) is 140 cm³/mol. The van der Waals surface area contributed by atoms with E-state index in [-0.39, 0.29) is 12.0 Å². The lowest BCUT2D eigenvalue weighted by atomic mass is 10.1. The van der Waals surface area contributed by atoms with Crippen molar-refractivity contribution in [3.63, 3.8) is 0 Å². The third-order valence-corrected chi connectivity index (χ3v) is 7.40. The molecule has 0 unspecified atom stereocenters. The second-order valence-corrected chi connectivity index (χ2v) is 9.64. The lowest BCUT2D eigenvalue weighted by molar-refractivity contribution is -0.132. The van der Waals surface area contributed by atoms with Crippen LogP contribution in [0.25, 0.3) is 0 Å². The van der Waals surface area contributed by atoms with E-state index in [0.29, 0.717) is 0 Å². The molecule has 0 atom stereocenters. The summed E-state index contributed by atoms with van der Waals surface area (Å²) in [6.45, 7) is 4.29. The zero-order valence-corrected chi connectivity index (χ0v) is 21.8. The largest absolute Gasteiger partial charge is 0.389 e. The first-order valence-corrected chi connectivity index (χ1v) is 13.7. The van der Waals surface area contributed by atoms with Gasteiger partial charge in [-0.3, -0.25) is 0 Å². The Morgan fingerprint density at radius 1 is 0.722 bits per heavy atom. The van der Waals surface area contributed by atoms with Gasteiger partial charge in [-0.05, 0) is 82.3 Å². The number of nitrogens with zero attached hydrogens (tertiary/aromatic N) is 2. The van der Waals surface area contributed by atoms with Gasteiger partial charge in [0.15, 0.2) is 0 Å². The Morgan fingerprint density at radius 2 is 1.14 bits per heavy atom. The molecular formula is C26H28N4O4S2. The third kappa shape index (κ3) is 7.02. The van der Waals surface area contributed by atoms with Crippen LogP contribution in [0, 0.1) is 0 Å². The van der Waals surface area contributed by atoms with Crippen molar-refractivity contribution in [2.75, 3.05) is 0 Å². The van der Waals surface area contributed by atoms with E-state index in [2.05, 4.69) is 55.3 Å². The first kappa shape index (κ1) is 25.6. The highest BCUT2D eigenvalue weighted by molar-refractivity contribution is 7.08. The summed E-state index contributed by atoms with van der Waals surface area (Å²) >= 11 is 3.41. The molecule has 4 rings (SSSR count). The molecule has 8 nitrogen and oxygen atoms in total. The van der Waals surface area contributed by atoms with Gasteiger partial charge in [0.2, 0.25) is 0 Å². The Labute approximate surface area is 217 Å². The van der Waals surface area contributed by atoms with Gasteiger partial charge in [0, 0.05) is 23.5 Å². The minimum Gasteiger partial charge on any atom is -0.389 e. The fourth-order valence-corrected chi connectivity index (χ4v) is 5.69. The second-order valence-electron chi connectivity index (χ2n) is 8.15. The fourth-order valence-electron chi connectivity index (χ4n) is 3.73. The van der Waals surface area contributed by atoms with Crippen molar-refractivity contribution in [3.05, 3.63) is 79.7 Å². The summed E-state index contributed by atoms with van der Waals surface area (Å²) in [4.78, 5) is 38.3. The highest BCUT2D eigenvalue weighted by atomic mass is 32.1. The molecule has 0 fully saturated rings. The van der Waals surface area contributed by atoms with Gasteiger partial charge in [0.1, 0.15) is 0 Å². The predicted octanol–water partition coefficient (Wildman–Crippen LogP) is 5.02. The molecule has 0 saturated carbocycles. The van der Waals surface area contributed by atoms with E-state index in [4.69, 9.17) is 9.47 Å². The number of aryl methyl sites for hydroxylation is 6. The Kier molecular flexibility index (Phi) is 8.85. The average Bonchev–Trinajstić information content (AvgIpc) is 3.67. The number of H-pyrrole nitrogens is 2. The molecule has 0 aromatic carbocycles. The highest BCUT2D eigenvalue weighted by Gasteiger charge is 2.11. The molecule has 0 aliphatic rings. The molecule has 2 N–H and O–H groups in total. The van der Waals surface area contributed by atoms with Gasteiger partial charge in [-0.15, -0.1) is 0 Å².